The Bertz CT molecular complexity index is 375. The van der Waals surface area contributed by atoms with Gasteiger partial charge >= 0.3 is 12.0 Å². The second-order valence-corrected chi connectivity index (χ2v) is 7.27. The molecule has 0 saturated heterocycles. The van der Waals surface area contributed by atoms with Gasteiger partial charge in [0.2, 0.25) is 0 Å². The van der Waals surface area contributed by atoms with E-state index in [1.54, 1.807) is 11.8 Å². The van der Waals surface area contributed by atoms with Crippen molar-refractivity contribution in [3.63, 3.8) is 0 Å². The van der Waals surface area contributed by atoms with Crippen LogP contribution in [0.15, 0.2) is 0 Å². The molecule has 0 aliphatic heterocycles. The Kier molecular flexibility index (Phi) is 4.83. The molecule has 0 atom stereocenters. The first-order chi connectivity index (χ1) is 9.52. The number of carbonyl (C=O) groups is 2. The van der Waals surface area contributed by atoms with Crippen LogP contribution in [-0.4, -0.2) is 40.2 Å². The minimum atomic E-state index is -1.07. The van der Waals surface area contributed by atoms with Crippen molar-refractivity contribution in [3.8, 4) is 0 Å². The molecule has 0 aromatic rings. The molecule has 2 aliphatic rings. The fourth-order valence-corrected chi connectivity index (χ4v) is 3.55. The Morgan fingerprint density at radius 3 is 2.15 bits per heavy atom. The molecule has 0 heterocycles. The molecular weight excluding hydrogens is 276 g/mol. The maximum absolute atomic E-state index is 12.0. The lowest BCUT2D eigenvalue weighted by atomic mass is 9.90. The van der Waals surface area contributed by atoms with Crippen LogP contribution in [0.2, 0.25) is 0 Å². The molecule has 6 heteroatoms. The first-order valence-corrected chi connectivity index (χ1v) is 8.59. The van der Waals surface area contributed by atoms with Crippen molar-refractivity contribution in [2.75, 3.05) is 12.8 Å². The van der Waals surface area contributed by atoms with Crippen molar-refractivity contribution in [2.24, 2.45) is 0 Å². The number of rotatable bonds is 5. The third-order valence-corrected chi connectivity index (χ3v) is 5.95. The lowest BCUT2D eigenvalue weighted by Gasteiger charge is -2.29. The van der Waals surface area contributed by atoms with Crippen molar-refractivity contribution in [1.82, 2.24) is 10.6 Å². The van der Waals surface area contributed by atoms with E-state index in [4.69, 9.17) is 0 Å². The number of carboxylic acid groups (broad SMARTS) is 1. The van der Waals surface area contributed by atoms with Gasteiger partial charge in [-0.3, -0.25) is 0 Å². The molecule has 2 amide bonds. The van der Waals surface area contributed by atoms with Crippen molar-refractivity contribution >= 4 is 23.8 Å². The van der Waals surface area contributed by atoms with Crippen LogP contribution in [0.25, 0.3) is 0 Å². The van der Waals surface area contributed by atoms with Crippen LogP contribution in [0.5, 0.6) is 0 Å². The van der Waals surface area contributed by atoms with Crippen molar-refractivity contribution < 1.29 is 14.7 Å². The summed E-state index contributed by atoms with van der Waals surface area (Å²) in [7, 11) is 0. The summed E-state index contributed by atoms with van der Waals surface area (Å²) in [6, 6.07) is -0.338. The van der Waals surface area contributed by atoms with Crippen LogP contribution in [0.4, 0.5) is 4.79 Å². The van der Waals surface area contributed by atoms with E-state index in [0.29, 0.717) is 19.4 Å². The van der Waals surface area contributed by atoms with Gasteiger partial charge < -0.3 is 15.7 Å². The molecule has 3 N–H and O–H groups in total. The smallest absolute Gasteiger partial charge is 0.329 e. The molecule has 0 aromatic heterocycles. The van der Waals surface area contributed by atoms with Gasteiger partial charge in [-0.25, -0.2) is 9.59 Å². The van der Waals surface area contributed by atoms with Gasteiger partial charge in [-0.1, -0.05) is 25.7 Å². The minimum Gasteiger partial charge on any atom is -0.480 e. The molecule has 0 radical (unpaired) electrons. The summed E-state index contributed by atoms with van der Waals surface area (Å²) < 4.78 is 0.192. The number of urea groups is 1. The number of amides is 2. The summed E-state index contributed by atoms with van der Waals surface area (Å²) in [5, 5.41) is 15.1. The lowest BCUT2D eigenvalue weighted by molar-refractivity contribution is -0.145. The monoisotopic (exact) mass is 300 g/mol. The third-order valence-electron chi connectivity index (χ3n) is 4.53. The molecule has 20 heavy (non-hydrogen) atoms. The van der Waals surface area contributed by atoms with Gasteiger partial charge in [-0.05, 0) is 31.9 Å². The zero-order chi connectivity index (χ0) is 14.6. The molecule has 0 bridgehead atoms. The largest absolute Gasteiger partial charge is 0.480 e. The van der Waals surface area contributed by atoms with Crippen LogP contribution in [0.1, 0.15) is 51.4 Å². The SMILES string of the molecule is CSC1(CNC(=O)NC2(C(=O)O)CCCCCC2)CC1. The van der Waals surface area contributed by atoms with E-state index < -0.39 is 11.5 Å². The number of hydrogen-bond acceptors (Lipinski definition) is 3. The summed E-state index contributed by atoms with van der Waals surface area (Å²) in [5.41, 5.74) is -1.07. The highest BCUT2D eigenvalue weighted by Crippen LogP contribution is 2.46. The molecule has 114 valence electrons. The van der Waals surface area contributed by atoms with E-state index in [-0.39, 0.29) is 10.8 Å². The lowest BCUT2D eigenvalue weighted by Crippen LogP contribution is -2.57. The van der Waals surface area contributed by atoms with Crippen LogP contribution < -0.4 is 10.6 Å². The first-order valence-electron chi connectivity index (χ1n) is 7.37. The zero-order valence-corrected chi connectivity index (χ0v) is 12.9. The molecule has 2 saturated carbocycles. The number of nitrogens with one attached hydrogen (secondary N) is 2. The van der Waals surface area contributed by atoms with Crippen molar-refractivity contribution in [3.05, 3.63) is 0 Å². The maximum atomic E-state index is 12.0. The number of thioether (sulfide) groups is 1. The van der Waals surface area contributed by atoms with E-state index in [1.165, 1.54) is 0 Å². The normalized spacial score (nSPS) is 23.4. The number of hydrogen-bond donors (Lipinski definition) is 3. The fourth-order valence-electron chi connectivity index (χ4n) is 2.82. The summed E-state index contributed by atoms with van der Waals surface area (Å²) in [6.45, 7) is 0.621. The van der Waals surface area contributed by atoms with Crippen LogP contribution in [0, 0.1) is 0 Å². The van der Waals surface area contributed by atoms with E-state index in [1.807, 2.05) is 0 Å². The van der Waals surface area contributed by atoms with E-state index >= 15 is 0 Å². The summed E-state index contributed by atoms with van der Waals surface area (Å²) in [5.74, 6) is -0.902. The van der Waals surface area contributed by atoms with E-state index in [0.717, 1.165) is 38.5 Å². The van der Waals surface area contributed by atoms with E-state index in [2.05, 4.69) is 16.9 Å². The zero-order valence-electron chi connectivity index (χ0n) is 12.0. The minimum absolute atomic E-state index is 0.192. The highest BCUT2D eigenvalue weighted by molar-refractivity contribution is 8.00. The fraction of sp³-hybridized carbons (Fsp3) is 0.857. The number of aliphatic carboxylic acids is 1. The molecule has 2 rings (SSSR count). The first kappa shape index (κ1) is 15.5. The highest BCUT2D eigenvalue weighted by Gasteiger charge is 2.43. The van der Waals surface area contributed by atoms with Gasteiger partial charge in [0.15, 0.2) is 0 Å². The van der Waals surface area contributed by atoms with Gasteiger partial charge in [0.25, 0.3) is 0 Å². The molecule has 5 nitrogen and oxygen atoms in total. The number of carbonyl (C=O) groups excluding carboxylic acids is 1. The Labute approximate surface area is 124 Å². The maximum Gasteiger partial charge on any atom is 0.329 e. The second-order valence-electron chi connectivity index (χ2n) is 6.00. The Morgan fingerprint density at radius 2 is 1.70 bits per heavy atom. The van der Waals surface area contributed by atoms with Gasteiger partial charge in [-0.2, -0.15) is 11.8 Å². The highest BCUT2D eigenvalue weighted by atomic mass is 32.2. The average molecular weight is 300 g/mol. The quantitative estimate of drug-likeness (QED) is 0.681. The van der Waals surface area contributed by atoms with Crippen molar-refractivity contribution in [1.29, 1.82) is 0 Å². The predicted octanol–water partition coefficient (Wildman–Crippen LogP) is 2.36. The molecule has 0 spiro atoms. The van der Waals surface area contributed by atoms with Gasteiger partial charge in [0.05, 0.1) is 0 Å². The standard InChI is InChI=1S/C14H24N2O3S/c1-20-13(8-9-13)10-15-12(19)16-14(11(17)18)6-4-2-3-5-7-14/h2-10H2,1H3,(H,17,18)(H2,15,16,19). The van der Waals surface area contributed by atoms with Crippen LogP contribution >= 0.6 is 11.8 Å². The Hall–Kier alpha value is -0.910. The van der Waals surface area contributed by atoms with Gasteiger partial charge in [0.1, 0.15) is 5.54 Å². The summed E-state index contributed by atoms with van der Waals surface area (Å²) in [4.78, 5) is 23.6. The molecule has 2 fully saturated rings. The van der Waals surface area contributed by atoms with Crippen molar-refractivity contribution in [2.45, 2.75) is 61.7 Å². The Balaban J connectivity index is 1.90. The third kappa shape index (κ3) is 3.59. The summed E-state index contributed by atoms with van der Waals surface area (Å²) in [6.07, 6.45) is 9.19. The molecule has 0 unspecified atom stereocenters. The predicted molar refractivity (Wildman–Crippen MR) is 80.1 cm³/mol. The van der Waals surface area contributed by atoms with E-state index in [9.17, 15) is 14.7 Å². The van der Waals surface area contributed by atoms with Crippen LogP contribution in [-0.2, 0) is 4.79 Å². The molecule has 0 aromatic carbocycles. The number of carboxylic acids is 1. The second kappa shape index (κ2) is 6.24. The van der Waals surface area contributed by atoms with Crippen LogP contribution in [0.3, 0.4) is 0 Å². The Morgan fingerprint density at radius 1 is 1.10 bits per heavy atom. The summed E-state index contributed by atoms with van der Waals surface area (Å²) >= 11 is 1.78. The van der Waals surface area contributed by atoms with Gasteiger partial charge in [0, 0.05) is 11.3 Å². The van der Waals surface area contributed by atoms with Gasteiger partial charge in [-0.15, -0.1) is 0 Å². The molecular formula is C14H24N2O3S. The molecule has 2 aliphatic carbocycles. The topological polar surface area (TPSA) is 78.4 Å². The average Bonchev–Trinajstić information content (AvgIpc) is 3.21.